The summed E-state index contributed by atoms with van der Waals surface area (Å²) in [5.41, 5.74) is 2.33. The van der Waals surface area contributed by atoms with E-state index in [1.54, 1.807) is 6.20 Å². The van der Waals surface area contributed by atoms with E-state index in [4.69, 9.17) is 0 Å². The number of hydrogen-bond donors (Lipinski definition) is 1. The summed E-state index contributed by atoms with van der Waals surface area (Å²) in [7, 11) is 0. The normalized spacial score (nSPS) is 11.0. The van der Waals surface area contributed by atoms with Gasteiger partial charge in [0.1, 0.15) is 6.54 Å². The number of ketones is 1. The van der Waals surface area contributed by atoms with Crippen molar-refractivity contribution >= 4 is 28.3 Å². The summed E-state index contributed by atoms with van der Waals surface area (Å²) in [6.07, 6.45) is 1.79. The van der Waals surface area contributed by atoms with Crippen molar-refractivity contribution in [1.29, 1.82) is 0 Å². The first-order chi connectivity index (χ1) is 11.6. The van der Waals surface area contributed by atoms with E-state index >= 15 is 0 Å². The Kier molecular flexibility index (Phi) is 4.47. The van der Waals surface area contributed by atoms with Gasteiger partial charge < -0.3 is 9.88 Å². The minimum Gasteiger partial charge on any atom is -0.337 e. The summed E-state index contributed by atoms with van der Waals surface area (Å²) >= 11 is 0. The molecule has 0 saturated carbocycles. The average molecular weight is 320 g/mol. The number of nitrogens with zero attached hydrogens (tertiary/aromatic N) is 1. The van der Waals surface area contributed by atoms with Crippen LogP contribution in [-0.2, 0) is 11.3 Å². The lowest BCUT2D eigenvalue weighted by molar-refractivity contribution is -0.116. The van der Waals surface area contributed by atoms with Crippen molar-refractivity contribution < 1.29 is 9.59 Å². The van der Waals surface area contributed by atoms with Crippen LogP contribution < -0.4 is 5.32 Å². The largest absolute Gasteiger partial charge is 0.337 e. The molecule has 122 valence electrons. The smallest absolute Gasteiger partial charge is 0.244 e. The van der Waals surface area contributed by atoms with Crippen LogP contribution in [0, 0.1) is 5.92 Å². The summed E-state index contributed by atoms with van der Waals surface area (Å²) in [6, 6.07) is 17.0. The number of anilines is 1. The van der Waals surface area contributed by atoms with Crippen molar-refractivity contribution in [2.24, 2.45) is 5.92 Å². The average Bonchev–Trinajstić information content (AvgIpc) is 2.93. The fraction of sp³-hybridized carbons (Fsp3) is 0.200. The van der Waals surface area contributed by atoms with Crippen LogP contribution in [0.5, 0.6) is 0 Å². The number of fused-ring (bicyclic) bond motifs is 1. The van der Waals surface area contributed by atoms with Crippen LogP contribution in [0.4, 0.5) is 5.69 Å². The molecular formula is C20H20N2O2. The Morgan fingerprint density at radius 3 is 2.38 bits per heavy atom. The quantitative estimate of drug-likeness (QED) is 0.719. The van der Waals surface area contributed by atoms with Crippen LogP contribution >= 0.6 is 0 Å². The Labute approximate surface area is 141 Å². The molecule has 0 fully saturated rings. The second kappa shape index (κ2) is 6.71. The summed E-state index contributed by atoms with van der Waals surface area (Å²) in [4.78, 5) is 24.8. The van der Waals surface area contributed by atoms with Crippen molar-refractivity contribution in [1.82, 2.24) is 4.57 Å². The van der Waals surface area contributed by atoms with Gasteiger partial charge >= 0.3 is 0 Å². The molecule has 0 spiro atoms. The number of nitrogens with one attached hydrogen (secondary N) is 1. The van der Waals surface area contributed by atoms with E-state index in [-0.39, 0.29) is 24.2 Å². The van der Waals surface area contributed by atoms with Crippen molar-refractivity contribution in [2.75, 3.05) is 5.32 Å². The van der Waals surface area contributed by atoms with E-state index in [2.05, 4.69) is 5.32 Å². The molecule has 2 aromatic carbocycles. The van der Waals surface area contributed by atoms with Gasteiger partial charge in [-0.25, -0.2) is 0 Å². The zero-order chi connectivity index (χ0) is 17.1. The third kappa shape index (κ3) is 3.23. The third-order valence-corrected chi connectivity index (χ3v) is 3.95. The molecular weight excluding hydrogens is 300 g/mol. The molecule has 1 heterocycles. The fourth-order valence-corrected chi connectivity index (χ4v) is 2.76. The molecule has 0 aliphatic carbocycles. The van der Waals surface area contributed by atoms with Crippen LogP contribution in [0.3, 0.4) is 0 Å². The predicted molar refractivity (Wildman–Crippen MR) is 96.2 cm³/mol. The first-order valence-electron chi connectivity index (χ1n) is 8.03. The van der Waals surface area contributed by atoms with Crippen LogP contribution in [0.1, 0.15) is 24.2 Å². The topological polar surface area (TPSA) is 51.1 Å². The molecule has 0 aliphatic heterocycles. The minimum atomic E-state index is -0.120. The SMILES string of the molecule is CC(C)C(=O)c1cn(CC(=O)Nc2ccccc2)c2ccccc12. The summed E-state index contributed by atoms with van der Waals surface area (Å²) in [6.45, 7) is 3.94. The fourth-order valence-electron chi connectivity index (χ4n) is 2.76. The van der Waals surface area contributed by atoms with Gasteiger partial charge in [0, 0.05) is 34.3 Å². The van der Waals surface area contributed by atoms with Crippen molar-refractivity contribution in [3.63, 3.8) is 0 Å². The zero-order valence-corrected chi connectivity index (χ0v) is 13.8. The lowest BCUT2D eigenvalue weighted by atomic mass is 10.0. The number of rotatable bonds is 5. The van der Waals surface area contributed by atoms with E-state index in [0.717, 1.165) is 16.6 Å². The molecule has 1 N–H and O–H groups in total. The van der Waals surface area contributed by atoms with Crippen LogP contribution in [0.25, 0.3) is 10.9 Å². The summed E-state index contributed by atoms with van der Waals surface area (Å²) in [5.74, 6) is -0.110. The van der Waals surface area contributed by atoms with Crippen LogP contribution in [-0.4, -0.2) is 16.3 Å². The number of amides is 1. The highest BCUT2D eigenvalue weighted by atomic mass is 16.2. The lowest BCUT2D eigenvalue weighted by Crippen LogP contribution is -2.18. The van der Waals surface area contributed by atoms with Gasteiger partial charge in [0.2, 0.25) is 5.91 Å². The highest BCUT2D eigenvalue weighted by Gasteiger charge is 2.18. The van der Waals surface area contributed by atoms with Gasteiger partial charge in [-0.2, -0.15) is 0 Å². The Balaban J connectivity index is 1.89. The van der Waals surface area contributed by atoms with Crippen molar-refractivity contribution in [3.8, 4) is 0 Å². The number of aromatic nitrogens is 1. The number of benzene rings is 2. The molecule has 3 aromatic rings. The van der Waals surface area contributed by atoms with Gasteiger partial charge in [0.25, 0.3) is 0 Å². The van der Waals surface area contributed by atoms with E-state index in [0.29, 0.717) is 5.56 Å². The molecule has 0 saturated heterocycles. The maximum Gasteiger partial charge on any atom is 0.244 e. The molecule has 4 nitrogen and oxygen atoms in total. The summed E-state index contributed by atoms with van der Waals surface area (Å²) < 4.78 is 1.84. The minimum absolute atomic E-state index is 0.0811. The first-order valence-corrected chi connectivity index (χ1v) is 8.03. The maximum absolute atomic E-state index is 12.4. The van der Waals surface area contributed by atoms with Crippen molar-refractivity contribution in [3.05, 3.63) is 66.4 Å². The highest BCUT2D eigenvalue weighted by Crippen LogP contribution is 2.24. The van der Waals surface area contributed by atoms with Crippen LogP contribution in [0.2, 0.25) is 0 Å². The second-order valence-corrected chi connectivity index (χ2v) is 6.12. The Morgan fingerprint density at radius 2 is 1.67 bits per heavy atom. The Hall–Kier alpha value is -2.88. The van der Waals surface area contributed by atoms with Gasteiger partial charge in [-0.3, -0.25) is 9.59 Å². The Morgan fingerprint density at radius 1 is 1.00 bits per heavy atom. The molecule has 0 aliphatic rings. The Bertz CT molecular complexity index is 879. The molecule has 1 aromatic heterocycles. The van der Waals surface area contributed by atoms with Gasteiger partial charge in [-0.15, -0.1) is 0 Å². The zero-order valence-electron chi connectivity index (χ0n) is 13.8. The number of para-hydroxylation sites is 2. The molecule has 4 heteroatoms. The predicted octanol–water partition coefficient (Wildman–Crippen LogP) is 4.12. The standard InChI is InChI=1S/C20H20N2O2/c1-14(2)20(24)17-12-22(18-11-7-6-10-16(17)18)13-19(23)21-15-8-4-3-5-9-15/h3-12,14H,13H2,1-2H3,(H,21,23). The summed E-state index contributed by atoms with van der Waals surface area (Å²) in [5, 5.41) is 3.76. The number of carbonyl (C=O) groups excluding carboxylic acids is 2. The third-order valence-electron chi connectivity index (χ3n) is 3.95. The number of Topliss-reactive ketones (excluding diaryl/α,β-unsaturated/α-hetero) is 1. The maximum atomic E-state index is 12.4. The first kappa shape index (κ1) is 16.0. The molecule has 0 unspecified atom stereocenters. The second-order valence-electron chi connectivity index (χ2n) is 6.12. The van der Waals surface area contributed by atoms with E-state index in [9.17, 15) is 9.59 Å². The lowest BCUT2D eigenvalue weighted by Gasteiger charge is -2.07. The van der Waals surface area contributed by atoms with E-state index < -0.39 is 0 Å². The van der Waals surface area contributed by atoms with Crippen LogP contribution in [0.15, 0.2) is 60.8 Å². The van der Waals surface area contributed by atoms with Gasteiger partial charge in [0.05, 0.1) is 0 Å². The highest BCUT2D eigenvalue weighted by molar-refractivity contribution is 6.09. The molecule has 0 bridgehead atoms. The monoisotopic (exact) mass is 320 g/mol. The van der Waals surface area contributed by atoms with Gasteiger partial charge in [-0.1, -0.05) is 50.2 Å². The van der Waals surface area contributed by atoms with Crippen molar-refractivity contribution in [2.45, 2.75) is 20.4 Å². The van der Waals surface area contributed by atoms with E-state index in [1.165, 1.54) is 0 Å². The molecule has 3 rings (SSSR count). The van der Waals surface area contributed by atoms with Gasteiger partial charge in [0.15, 0.2) is 5.78 Å². The van der Waals surface area contributed by atoms with Gasteiger partial charge in [-0.05, 0) is 18.2 Å². The molecule has 0 radical (unpaired) electrons. The molecule has 0 atom stereocenters. The molecule has 1 amide bonds. The number of carbonyl (C=O) groups is 2. The molecule has 24 heavy (non-hydrogen) atoms. The number of hydrogen-bond acceptors (Lipinski definition) is 2. The van der Waals surface area contributed by atoms with E-state index in [1.807, 2.05) is 73.0 Å².